The van der Waals surface area contributed by atoms with Gasteiger partial charge in [0.2, 0.25) is 0 Å². The van der Waals surface area contributed by atoms with E-state index in [1.807, 2.05) is 19.1 Å². The number of ether oxygens (including phenoxy) is 1. The molecule has 6 heteroatoms. The number of anilines is 1. The van der Waals surface area contributed by atoms with Crippen LogP contribution in [-0.4, -0.2) is 39.5 Å². The van der Waals surface area contributed by atoms with Gasteiger partial charge in [-0.2, -0.15) is 0 Å². The Morgan fingerprint density at radius 3 is 2.75 bits per heavy atom. The van der Waals surface area contributed by atoms with E-state index in [9.17, 15) is 0 Å². The van der Waals surface area contributed by atoms with Crippen molar-refractivity contribution >= 4 is 5.69 Å². The number of nitrogens with zero attached hydrogens (tertiary/aromatic N) is 4. The van der Waals surface area contributed by atoms with Crippen molar-refractivity contribution in [2.45, 2.75) is 32.8 Å². The first-order valence-electron chi connectivity index (χ1n) is 6.65. The largest absolute Gasteiger partial charge is 0.385 e. The summed E-state index contributed by atoms with van der Waals surface area (Å²) < 4.78 is 7.06. The van der Waals surface area contributed by atoms with E-state index in [4.69, 9.17) is 4.74 Å². The predicted molar refractivity (Wildman–Crippen MR) is 78.1 cm³/mol. The van der Waals surface area contributed by atoms with Crippen molar-refractivity contribution in [3.63, 3.8) is 0 Å². The van der Waals surface area contributed by atoms with E-state index < -0.39 is 0 Å². The molecule has 0 spiro atoms. The Hall–Kier alpha value is -1.95. The lowest BCUT2D eigenvalue weighted by atomic mass is 10.1. The second-order valence-corrected chi connectivity index (χ2v) is 5.40. The Balaban J connectivity index is 1.99. The number of methoxy groups -OCH3 is 1. The second kappa shape index (κ2) is 6.00. The smallest absolute Gasteiger partial charge is 0.143 e. The maximum Gasteiger partial charge on any atom is 0.143 e. The molecule has 0 fully saturated rings. The van der Waals surface area contributed by atoms with Gasteiger partial charge in [0.15, 0.2) is 0 Å². The number of benzene rings is 1. The van der Waals surface area contributed by atoms with Crippen molar-refractivity contribution < 1.29 is 4.74 Å². The van der Waals surface area contributed by atoms with Gasteiger partial charge in [-0.05, 0) is 61.4 Å². The highest BCUT2D eigenvalue weighted by atomic mass is 16.5. The highest BCUT2D eigenvalue weighted by molar-refractivity contribution is 5.53. The van der Waals surface area contributed by atoms with E-state index in [0.717, 1.165) is 29.9 Å². The lowest BCUT2D eigenvalue weighted by Crippen LogP contribution is -2.25. The molecule has 1 aromatic carbocycles. The summed E-state index contributed by atoms with van der Waals surface area (Å²) in [6.45, 7) is 7.08. The van der Waals surface area contributed by atoms with Crippen molar-refractivity contribution in [2.75, 3.05) is 19.0 Å². The molecule has 2 rings (SSSR count). The Kier molecular flexibility index (Phi) is 4.34. The van der Waals surface area contributed by atoms with Gasteiger partial charge in [0, 0.05) is 19.3 Å². The molecule has 0 saturated carbocycles. The monoisotopic (exact) mass is 275 g/mol. The molecule has 0 radical (unpaired) electrons. The predicted octanol–water partition coefficient (Wildman–Crippen LogP) is 2.20. The van der Waals surface area contributed by atoms with E-state index in [-0.39, 0.29) is 5.60 Å². The summed E-state index contributed by atoms with van der Waals surface area (Å²) in [6, 6.07) is 6.14. The minimum Gasteiger partial charge on any atom is -0.385 e. The van der Waals surface area contributed by atoms with Gasteiger partial charge in [0.1, 0.15) is 6.33 Å². The van der Waals surface area contributed by atoms with Gasteiger partial charge in [-0.25, -0.2) is 4.68 Å². The van der Waals surface area contributed by atoms with Crippen molar-refractivity contribution in [3.05, 3.63) is 30.1 Å². The average molecular weight is 275 g/mol. The molecule has 1 N–H and O–H groups in total. The van der Waals surface area contributed by atoms with Gasteiger partial charge in [-0.15, -0.1) is 5.10 Å². The van der Waals surface area contributed by atoms with Crippen LogP contribution >= 0.6 is 0 Å². The zero-order chi connectivity index (χ0) is 14.6. The molecular formula is C14H21N5O. The lowest BCUT2D eigenvalue weighted by Gasteiger charge is -2.23. The number of aryl methyl sites for hydroxylation is 1. The fourth-order valence-corrected chi connectivity index (χ4v) is 1.90. The molecule has 6 nitrogen and oxygen atoms in total. The Bertz CT molecular complexity index is 551. The van der Waals surface area contributed by atoms with Gasteiger partial charge in [0.05, 0.1) is 11.3 Å². The normalized spacial score (nSPS) is 11.6. The molecule has 1 heterocycles. The molecule has 108 valence electrons. The first-order valence-corrected chi connectivity index (χ1v) is 6.65. The van der Waals surface area contributed by atoms with Crippen LogP contribution in [-0.2, 0) is 4.74 Å². The molecule has 2 aromatic rings. The molecule has 0 amide bonds. The van der Waals surface area contributed by atoms with Crippen molar-refractivity contribution in [1.82, 2.24) is 20.2 Å². The third kappa shape index (κ3) is 3.54. The van der Waals surface area contributed by atoms with Gasteiger partial charge < -0.3 is 10.1 Å². The van der Waals surface area contributed by atoms with Crippen LogP contribution in [0.4, 0.5) is 5.69 Å². The third-order valence-electron chi connectivity index (χ3n) is 3.40. The highest BCUT2D eigenvalue weighted by Gasteiger charge is 2.15. The van der Waals surface area contributed by atoms with Crippen molar-refractivity contribution in [1.29, 1.82) is 0 Å². The van der Waals surface area contributed by atoms with Crippen LogP contribution in [0.1, 0.15) is 25.8 Å². The van der Waals surface area contributed by atoms with Crippen molar-refractivity contribution in [2.24, 2.45) is 0 Å². The number of nitrogens with one attached hydrogen (secondary N) is 1. The maximum absolute atomic E-state index is 5.40. The summed E-state index contributed by atoms with van der Waals surface area (Å²) in [7, 11) is 1.74. The van der Waals surface area contributed by atoms with Crippen LogP contribution in [0.5, 0.6) is 0 Å². The van der Waals surface area contributed by atoms with Crippen LogP contribution < -0.4 is 5.32 Å². The molecule has 1 aromatic heterocycles. The number of hydrogen-bond donors (Lipinski definition) is 1. The Morgan fingerprint density at radius 1 is 1.35 bits per heavy atom. The summed E-state index contributed by atoms with van der Waals surface area (Å²) in [4.78, 5) is 0. The molecule has 0 saturated heterocycles. The van der Waals surface area contributed by atoms with E-state index in [1.54, 1.807) is 18.1 Å². The van der Waals surface area contributed by atoms with Gasteiger partial charge >= 0.3 is 0 Å². The number of tetrazole rings is 1. The standard InChI is InChI=1S/C14H21N5O/c1-11-9-12(15-8-7-14(2,3)20-4)5-6-13(11)19-10-16-17-18-19/h5-6,9-10,15H,7-8H2,1-4H3. The highest BCUT2D eigenvalue weighted by Crippen LogP contribution is 2.19. The van der Waals surface area contributed by atoms with Crippen LogP contribution in [0.2, 0.25) is 0 Å². The molecule has 0 aliphatic carbocycles. The van der Waals surface area contributed by atoms with Crippen LogP contribution in [0, 0.1) is 6.92 Å². The average Bonchev–Trinajstić information content (AvgIpc) is 2.92. The summed E-state index contributed by atoms with van der Waals surface area (Å²) in [6.07, 6.45) is 2.54. The van der Waals surface area contributed by atoms with Crippen LogP contribution in [0.15, 0.2) is 24.5 Å². The number of rotatable bonds is 6. The fraction of sp³-hybridized carbons (Fsp3) is 0.500. The Labute approximate surface area is 119 Å². The molecule has 0 aliphatic rings. The quantitative estimate of drug-likeness (QED) is 0.875. The first kappa shape index (κ1) is 14.5. The zero-order valence-corrected chi connectivity index (χ0v) is 12.4. The van der Waals surface area contributed by atoms with E-state index in [1.165, 1.54) is 0 Å². The molecule has 0 aliphatic heterocycles. The van der Waals surface area contributed by atoms with Crippen LogP contribution in [0.25, 0.3) is 5.69 Å². The SMILES string of the molecule is COC(C)(C)CCNc1ccc(-n2cnnn2)c(C)c1. The third-order valence-corrected chi connectivity index (χ3v) is 3.40. The van der Waals surface area contributed by atoms with Crippen LogP contribution in [0.3, 0.4) is 0 Å². The van der Waals surface area contributed by atoms with Crippen molar-refractivity contribution in [3.8, 4) is 5.69 Å². The Morgan fingerprint density at radius 2 is 2.15 bits per heavy atom. The summed E-state index contributed by atoms with van der Waals surface area (Å²) in [5.41, 5.74) is 3.09. The zero-order valence-electron chi connectivity index (χ0n) is 12.4. The molecule has 0 unspecified atom stereocenters. The van der Waals surface area contributed by atoms with E-state index >= 15 is 0 Å². The lowest BCUT2D eigenvalue weighted by molar-refractivity contribution is 0.0185. The number of aromatic nitrogens is 4. The minimum absolute atomic E-state index is 0.103. The molecule has 0 bridgehead atoms. The summed E-state index contributed by atoms with van der Waals surface area (Å²) >= 11 is 0. The topological polar surface area (TPSA) is 64.9 Å². The van der Waals surface area contributed by atoms with E-state index in [0.29, 0.717) is 0 Å². The fourth-order valence-electron chi connectivity index (χ4n) is 1.90. The minimum atomic E-state index is -0.103. The molecule has 0 atom stereocenters. The molecule has 20 heavy (non-hydrogen) atoms. The molecular weight excluding hydrogens is 254 g/mol. The second-order valence-electron chi connectivity index (χ2n) is 5.40. The first-order chi connectivity index (χ1) is 9.52. The van der Waals surface area contributed by atoms with Gasteiger partial charge in [-0.3, -0.25) is 0 Å². The summed E-state index contributed by atoms with van der Waals surface area (Å²) in [5.74, 6) is 0. The summed E-state index contributed by atoms with van der Waals surface area (Å²) in [5, 5.41) is 14.6. The number of hydrogen-bond acceptors (Lipinski definition) is 5. The maximum atomic E-state index is 5.40. The van der Waals surface area contributed by atoms with Gasteiger partial charge in [-0.1, -0.05) is 0 Å². The van der Waals surface area contributed by atoms with E-state index in [2.05, 4.69) is 40.8 Å². The van der Waals surface area contributed by atoms with Gasteiger partial charge in [0.25, 0.3) is 0 Å².